The summed E-state index contributed by atoms with van der Waals surface area (Å²) in [7, 11) is -3.70. The maximum Gasteiger partial charge on any atom is 0.265 e. The lowest BCUT2D eigenvalue weighted by Crippen LogP contribution is -2.47. The Morgan fingerprint density at radius 3 is 2.57 bits per heavy atom. The number of hydrogen-bond donors (Lipinski definition) is 1. The Labute approximate surface area is 207 Å². The fourth-order valence-corrected chi connectivity index (χ4v) is 5.94. The summed E-state index contributed by atoms with van der Waals surface area (Å²) in [5, 5.41) is 2.95. The number of aryl methyl sites for hydroxylation is 1. The van der Waals surface area contributed by atoms with E-state index >= 15 is 0 Å². The van der Waals surface area contributed by atoms with E-state index in [0.29, 0.717) is 30.4 Å². The third kappa shape index (κ3) is 6.02. The maximum absolute atomic E-state index is 13.2. The number of sulfonamides is 1. The summed E-state index contributed by atoms with van der Waals surface area (Å²) >= 11 is 0. The van der Waals surface area contributed by atoms with Crippen molar-refractivity contribution in [2.75, 3.05) is 31.1 Å². The highest BCUT2D eigenvalue weighted by molar-refractivity contribution is 7.89. The fourth-order valence-electron chi connectivity index (χ4n) is 4.45. The molecule has 2 aliphatic rings. The minimum absolute atomic E-state index is 0.0773. The van der Waals surface area contributed by atoms with E-state index < -0.39 is 10.0 Å². The molecule has 0 saturated carbocycles. The predicted molar refractivity (Wildman–Crippen MR) is 134 cm³/mol. The van der Waals surface area contributed by atoms with Crippen LogP contribution in [0.3, 0.4) is 0 Å². The van der Waals surface area contributed by atoms with Gasteiger partial charge in [-0.2, -0.15) is 4.31 Å². The highest BCUT2D eigenvalue weighted by Crippen LogP contribution is 2.35. The molecule has 4 rings (SSSR count). The van der Waals surface area contributed by atoms with Crippen LogP contribution in [0.25, 0.3) is 0 Å². The fraction of sp³-hybridized carbons (Fsp3) is 0.462. The van der Waals surface area contributed by atoms with Gasteiger partial charge in [0.15, 0.2) is 6.61 Å². The summed E-state index contributed by atoms with van der Waals surface area (Å²) in [6.07, 6.45) is 3.24. The zero-order valence-electron chi connectivity index (χ0n) is 20.3. The summed E-state index contributed by atoms with van der Waals surface area (Å²) in [4.78, 5) is 26.8. The van der Waals surface area contributed by atoms with Crippen molar-refractivity contribution in [1.82, 2.24) is 9.62 Å². The second-order valence-corrected chi connectivity index (χ2v) is 11.4. The number of ether oxygens (including phenoxy) is 1. The molecule has 1 N–H and O–H groups in total. The molecular formula is C26H33N3O5S. The smallest absolute Gasteiger partial charge is 0.265 e. The summed E-state index contributed by atoms with van der Waals surface area (Å²) in [5.74, 6) is 0.205. The number of nitrogens with zero attached hydrogens (tertiary/aromatic N) is 2. The van der Waals surface area contributed by atoms with Crippen molar-refractivity contribution in [2.24, 2.45) is 5.92 Å². The molecule has 2 aromatic carbocycles. The summed E-state index contributed by atoms with van der Waals surface area (Å²) in [5.41, 5.74) is 1.50. The Bertz CT molecular complexity index is 1160. The first-order valence-corrected chi connectivity index (χ1v) is 13.6. The van der Waals surface area contributed by atoms with E-state index in [0.717, 1.165) is 25.7 Å². The van der Waals surface area contributed by atoms with Crippen molar-refractivity contribution >= 4 is 27.5 Å². The predicted octanol–water partition coefficient (Wildman–Crippen LogP) is 2.97. The number of fused-ring (bicyclic) bond motifs is 1. The van der Waals surface area contributed by atoms with Gasteiger partial charge in [-0.05, 0) is 62.3 Å². The number of piperidine rings is 1. The Kier molecular flexibility index (Phi) is 7.76. The van der Waals surface area contributed by atoms with Crippen molar-refractivity contribution in [3.8, 4) is 5.75 Å². The highest BCUT2D eigenvalue weighted by atomic mass is 32.2. The number of rotatable bonds is 8. The van der Waals surface area contributed by atoms with Gasteiger partial charge in [-0.3, -0.25) is 14.5 Å². The minimum atomic E-state index is -3.70. The molecule has 188 valence electrons. The molecule has 0 bridgehead atoms. The van der Waals surface area contributed by atoms with Crippen LogP contribution < -0.4 is 15.0 Å². The first kappa shape index (κ1) is 25.2. The Hall–Kier alpha value is -2.91. The van der Waals surface area contributed by atoms with Crippen molar-refractivity contribution < 1.29 is 22.7 Å². The van der Waals surface area contributed by atoms with Gasteiger partial charge in [0.25, 0.3) is 5.91 Å². The molecule has 35 heavy (non-hydrogen) atoms. The first-order chi connectivity index (χ1) is 16.7. The zero-order chi connectivity index (χ0) is 25.0. The number of carbonyl (C=O) groups excluding carboxylic acids is 2. The van der Waals surface area contributed by atoms with E-state index in [4.69, 9.17) is 4.74 Å². The second-order valence-electron chi connectivity index (χ2n) is 9.48. The lowest BCUT2D eigenvalue weighted by molar-refractivity contribution is -0.125. The van der Waals surface area contributed by atoms with Gasteiger partial charge in [0.1, 0.15) is 12.3 Å². The van der Waals surface area contributed by atoms with Gasteiger partial charge in [-0.25, -0.2) is 8.42 Å². The van der Waals surface area contributed by atoms with E-state index in [9.17, 15) is 18.0 Å². The standard InChI is InChI=1S/C26H33N3O5S/c1-19-12-14-28(15-13-19)35(32,33)22-10-11-24-23(16-22)29(26(31)18-34-24)17-25(30)27-20(2)8-9-21-6-4-3-5-7-21/h3-7,10-11,16,19-20H,8-9,12-15,17-18H2,1-2H3,(H,27,30)/t20-/m0/s1. The van der Waals surface area contributed by atoms with Crippen LogP contribution in [0.5, 0.6) is 5.75 Å². The van der Waals surface area contributed by atoms with Gasteiger partial charge in [0, 0.05) is 19.1 Å². The molecule has 2 aliphatic heterocycles. The van der Waals surface area contributed by atoms with Crippen LogP contribution in [0, 0.1) is 5.92 Å². The normalized spacial score (nSPS) is 18.0. The van der Waals surface area contributed by atoms with Crippen molar-refractivity contribution in [2.45, 2.75) is 50.5 Å². The van der Waals surface area contributed by atoms with Crippen LogP contribution in [0.15, 0.2) is 53.4 Å². The van der Waals surface area contributed by atoms with Crippen LogP contribution in [0.4, 0.5) is 5.69 Å². The lowest BCUT2D eigenvalue weighted by Gasteiger charge is -2.31. The summed E-state index contributed by atoms with van der Waals surface area (Å²) in [6, 6.07) is 14.5. The van der Waals surface area contributed by atoms with Gasteiger partial charge < -0.3 is 10.1 Å². The van der Waals surface area contributed by atoms with Crippen LogP contribution >= 0.6 is 0 Å². The molecule has 0 aliphatic carbocycles. The summed E-state index contributed by atoms with van der Waals surface area (Å²) in [6.45, 7) is 4.61. The Balaban J connectivity index is 1.45. The Morgan fingerprint density at radius 2 is 1.86 bits per heavy atom. The monoisotopic (exact) mass is 499 g/mol. The molecule has 1 atom stereocenters. The molecule has 2 amide bonds. The van der Waals surface area contributed by atoms with Crippen LogP contribution in [0.1, 0.15) is 38.7 Å². The van der Waals surface area contributed by atoms with Gasteiger partial charge in [-0.15, -0.1) is 0 Å². The first-order valence-electron chi connectivity index (χ1n) is 12.1. The third-order valence-electron chi connectivity index (χ3n) is 6.67. The van der Waals surface area contributed by atoms with Gasteiger partial charge in [-0.1, -0.05) is 37.3 Å². The minimum Gasteiger partial charge on any atom is -0.482 e. The number of amides is 2. The molecule has 1 fully saturated rings. The lowest BCUT2D eigenvalue weighted by atomic mass is 10.0. The second kappa shape index (κ2) is 10.8. The van der Waals surface area contributed by atoms with Crippen LogP contribution in [-0.2, 0) is 26.0 Å². The summed E-state index contributed by atoms with van der Waals surface area (Å²) < 4.78 is 33.5. The van der Waals surface area contributed by atoms with Gasteiger partial charge in [0.2, 0.25) is 15.9 Å². The molecule has 2 heterocycles. The molecule has 8 nitrogen and oxygen atoms in total. The van der Waals surface area contributed by atoms with E-state index in [1.54, 1.807) is 6.07 Å². The topological polar surface area (TPSA) is 96.0 Å². The van der Waals surface area contributed by atoms with E-state index in [-0.39, 0.29) is 35.9 Å². The number of carbonyl (C=O) groups is 2. The maximum atomic E-state index is 13.2. The Morgan fingerprint density at radius 1 is 1.14 bits per heavy atom. The molecule has 0 unspecified atom stereocenters. The molecule has 1 saturated heterocycles. The molecule has 2 aromatic rings. The number of anilines is 1. The van der Waals surface area contributed by atoms with Crippen LogP contribution in [0.2, 0.25) is 0 Å². The quantitative estimate of drug-likeness (QED) is 0.603. The largest absolute Gasteiger partial charge is 0.482 e. The number of hydrogen-bond acceptors (Lipinski definition) is 5. The van der Waals surface area contributed by atoms with E-state index in [2.05, 4.69) is 12.2 Å². The van der Waals surface area contributed by atoms with Gasteiger partial charge in [0.05, 0.1) is 10.6 Å². The average Bonchev–Trinajstić information content (AvgIpc) is 2.85. The number of benzene rings is 2. The third-order valence-corrected chi connectivity index (χ3v) is 8.57. The molecule has 0 radical (unpaired) electrons. The van der Waals surface area contributed by atoms with Crippen molar-refractivity contribution in [1.29, 1.82) is 0 Å². The average molecular weight is 500 g/mol. The SMILES string of the molecule is CC1CCN(S(=O)(=O)c2ccc3c(c2)N(CC(=O)N[C@@H](C)CCc2ccccc2)C(=O)CO3)CC1. The molecule has 0 aromatic heterocycles. The van der Waals surface area contributed by atoms with Gasteiger partial charge >= 0.3 is 0 Å². The molecular weight excluding hydrogens is 466 g/mol. The van der Waals surface area contributed by atoms with E-state index in [1.165, 1.54) is 26.9 Å². The molecule has 9 heteroatoms. The van der Waals surface area contributed by atoms with E-state index in [1.807, 2.05) is 37.3 Å². The van der Waals surface area contributed by atoms with Crippen molar-refractivity contribution in [3.05, 3.63) is 54.1 Å². The number of nitrogens with one attached hydrogen (secondary N) is 1. The zero-order valence-corrected chi connectivity index (χ0v) is 21.1. The highest BCUT2D eigenvalue weighted by Gasteiger charge is 2.32. The van der Waals surface area contributed by atoms with Crippen molar-refractivity contribution in [3.63, 3.8) is 0 Å². The molecule has 0 spiro atoms. The van der Waals surface area contributed by atoms with Crippen LogP contribution in [-0.4, -0.2) is 56.8 Å².